The molecular weight excluding hydrogens is 398 g/mol. The first-order valence-electron chi connectivity index (χ1n) is 9.34. The normalized spacial score (nSPS) is 10.8. The fourth-order valence-electron chi connectivity index (χ4n) is 2.95. The van der Waals surface area contributed by atoms with Gasteiger partial charge in [0.25, 0.3) is 5.91 Å². The van der Waals surface area contributed by atoms with Gasteiger partial charge in [0.05, 0.1) is 0 Å². The van der Waals surface area contributed by atoms with Crippen LogP contribution in [0.4, 0.5) is 5.69 Å². The van der Waals surface area contributed by atoms with Gasteiger partial charge in [0.15, 0.2) is 0 Å². The lowest BCUT2D eigenvalue weighted by Crippen LogP contribution is -2.11. The Morgan fingerprint density at radius 3 is 2.47 bits per heavy atom. The third-order valence-electron chi connectivity index (χ3n) is 4.61. The van der Waals surface area contributed by atoms with Crippen molar-refractivity contribution < 1.29 is 14.3 Å². The average molecular weight is 417 g/mol. The van der Waals surface area contributed by atoms with Crippen molar-refractivity contribution in [3.8, 4) is 5.75 Å². The van der Waals surface area contributed by atoms with Crippen molar-refractivity contribution in [2.45, 2.75) is 17.6 Å². The van der Waals surface area contributed by atoms with Crippen LogP contribution in [0, 0.1) is 6.92 Å². The highest BCUT2D eigenvalue weighted by Gasteiger charge is 2.08. The smallest absolute Gasteiger partial charge is 0.340 e. The zero-order valence-electron chi connectivity index (χ0n) is 16.2. The van der Waals surface area contributed by atoms with E-state index in [2.05, 4.69) is 5.32 Å². The van der Waals surface area contributed by atoms with Crippen LogP contribution in [-0.4, -0.2) is 11.0 Å². The molecule has 1 aromatic heterocycles. The highest BCUT2D eigenvalue weighted by atomic mass is 32.2. The van der Waals surface area contributed by atoms with E-state index in [1.165, 1.54) is 17.8 Å². The molecule has 1 heterocycles. The Balaban J connectivity index is 1.41. The number of hydrogen-bond acceptors (Lipinski definition) is 5. The van der Waals surface area contributed by atoms with E-state index >= 15 is 0 Å². The van der Waals surface area contributed by atoms with Gasteiger partial charge in [0.2, 0.25) is 0 Å². The molecule has 1 amide bonds. The highest BCUT2D eigenvalue weighted by Crippen LogP contribution is 2.25. The molecule has 0 bridgehead atoms. The van der Waals surface area contributed by atoms with Crippen LogP contribution in [0.25, 0.3) is 11.0 Å². The molecule has 30 heavy (non-hydrogen) atoms. The average Bonchev–Trinajstić information content (AvgIpc) is 2.74. The highest BCUT2D eigenvalue weighted by molar-refractivity contribution is 7.98. The van der Waals surface area contributed by atoms with Gasteiger partial charge in [-0.3, -0.25) is 4.79 Å². The molecule has 0 saturated heterocycles. The van der Waals surface area contributed by atoms with E-state index in [9.17, 15) is 14.7 Å². The summed E-state index contributed by atoms with van der Waals surface area (Å²) in [5, 5.41) is 13.1. The summed E-state index contributed by atoms with van der Waals surface area (Å²) >= 11 is 1.50. The lowest BCUT2D eigenvalue weighted by molar-refractivity contribution is 0.102. The number of phenolic OH excluding ortho intramolecular Hbond substituents is 1. The van der Waals surface area contributed by atoms with Crippen molar-refractivity contribution in [1.29, 1.82) is 0 Å². The maximum Gasteiger partial charge on any atom is 0.340 e. The number of phenols is 1. The Bertz CT molecular complexity index is 1260. The van der Waals surface area contributed by atoms with E-state index in [-0.39, 0.29) is 11.7 Å². The second kappa shape index (κ2) is 8.47. The number of amides is 1. The van der Waals surface area contributed by atoms with Crippen LogP contribution < -0.4 is 10.9 Å². The first-order chi connectivity index (χ1) is 14.5. The number of benzene rings is 3. The van der Waals surface area contributed by atoms with Crippen LogP contribution in [0.15, 0.2) is 86.9 Å². The Morgan fingerprint density at radius 1 is 1.00 bits per heavy atom. The Labute approximate surface area is 177 Å². The van der Waals surface area contributed by atoms with Crippen LogP contribution in [-0.2, 0) is 5.75 Å². The van der Waals surface area contributed by atoms with Crippen LogP contribution >= 0.6 is 11.8 Å². The number of fused-ring (bicyclic) bond motifs is 1. The van der Waals surface area contributed by atoms with Gasteiger partial charge < -0.3 is 14.8 Å². The molecule has 2 N–H and O–H groups in total. The minimum atomic E-state index is -0.414. The lowest BCUT2D eigenvalue weighted by atomic mass is 10.1. The minimum Gasteiger partial charge on any atom is -0.508 e. The molecule has 4 aromatic rings. The van der Waals surface area contributed by atoms with Gasteiger partial charge in [-0.15, -0.1) is 11.8 Å². The van der Waals surface area contributed by atoms with E-state index in [1.54, 1.807) is 30.3 Å². The lowest BCUT2D eigenvalue weighted by Gasteiger charge is -2.07. The number of nitrogens with one attached hydrogen (secondary N) is 1. The molecule has 3 aromatic carbocycles. The quantitative estimate of drug-likeness (QED) is 0.338. The summed E-state index contributed by atoms with van der Waals surface area (Å²) < 4.78 is 5.30. The van der Waals surface area contributed by atoms with Crippen LogP contribution in [0.2, 0.25) is 0 Å². The number of hydrogen-bond donors (Lipinski definition) is 2. The molecule has 0 radical (unpaired) electrons. The second-order valence-corrected chi connectivity index (χ2v) is 7.96. The molecule has 0 aliphatic rings. The van der Waals surface area contributed by atoms with Crippen LogP contribution in [0.3, 0.4) is 0 Å². The van der Waals surface area contributed by atoms with Gasteiger partial charge in [-0.05, 0) is 61.5 Å². The van der Waals surface area contributed by atoms with Gasteiger partial charge in [-0.1, -0.05) is 17.7 Å². The van der Waals surface area contributed by atoms with Crippen molar-refractivity contribution in [1.82, 2.24) is 0 Å². The van der Waals surface area contributed by atoms with Gasteiger partial charge in [-0.2, -0.15) is 0 Å². The van der Waals surface area contributed by atoms with E-state index < -0.39 is 5.63 Å². The first kappa shape index (κ1) is 19.8. The van der Waals surface area contributed by atoms with E-state index in [4.69, 9.17) is 4.42 Å². The SMILES string of the molecule is Cc1ccc(C(=O)Nc2ccc(SCc3cc4ccc(O)cc4oc3=O)cc2)cc1. The molecule has 0 aliphatic heterocycles. The number of aromatic hydroxyl groups is 1. The van der Waals surface area contributed by atoms with Gasteiger partial charge in [-0.25, -0.2) is 4.79 Å². The summed E-state index contributed by atoms with van der Waals surface area (Å²) in [4.78, 5) is 25.5. The maximum atomic E-state index is 12.3. The fraction of sp³-hybridized carbons (Fsp3) is 0.0833. The van der Waals surface area contributed by atoms with Crippen molar-refractivity contribution in [3.63, 3.8) is 0 Å². The molecule has 0 saturated carbocycles. The topological polar surface area (TPSA) is 79.5 Å². The molecule has 6 heteroatoms. The zero-order chi connectivity index (χ0) is 21.1. The third-order valence-corrected chi connectivity index (χ3v) is 5.67. The molecule has 0 unspecified atom stereocenters. The number of aryl methyl sites for hydroxylation is 1. The van der Waals surface area contributed by atoms with Gasteiger partial charge in [0.1, 0.15) is 11.3 Å². The molecule has 0 atom stereocenters. The van der Waals surface area contributed by atoms with Crippen molar-refractivity contribution in [2.24, 2.45) is 0 Å². The van der Waals surface area contributed by atoms with E-state index in [0.717, 1.165) is 15.8 Å². The summed E-state index contributed by atoms with van der Waals surface area (Å²) in [6.07, 6.45) is 0. The zero-order valence-corrected chi connectivity index (χ0v) is 17.0. The standard InChI is InChI=1S/C24H19NO4S/c1-15-2-4-16(5-3-15)23(27)25-19-7-10-21(11-8-19)30-14-18-12-17-6-9-20(26)13-22(17)29-24(18)28/h2-13,26H,14H2,1H3,(H,25,27). The summed E-state index contributed by atoms with van der Waals surface area (Å²) in [5.41, 5.74) is 2.91. The Kier molecular flexibility index (Phi) is 5.59. The third kappa shape index (κ3) is 4.55. The largest absolute Gasteiger partial charge is 0.508 e. The van der Waals surface area contributed by atoms with Crippen molar-refractivity contribution in [2.75, 3.05) is 5.32 Å². The van der Waals surface area contributed by atoms with Gasteiger partial charge in [0, 0.05) is 38.9 Å². The monoisotopic (exact) mass is 417 g/mol. The molecule has 0 fully saturated rings. The maximum absolute atomic E-state index is 12.3. The molecule has 150 valence electrons. The number of thioether (sulfide) groups is 1. The Morgan fingerprint density at radius 2 is 1.73 bits per heavy atom. The number of carbonyl (C=O) groups is 1. The van der Waals surface area contributed by atoms with E-state index in [1.807, 2.05) is 43.3 Å². The molecule has 0 spiro atoms. The summed E-state index contributed by atoms with van der Waals surface area (Å²) in [6.45, 7) is 1.98. The second-order valence-electron chi connectivity index (χ2n) is 6.91. The number of rotatable bonds is 5. The molecular formula is C24H19NO4S. The van der Waals surface area contributed by atoms with Crippen LogP contribution in [0.5, 0.6) is 5.75 Å². The predicted octanol–water partition coefficient (Wildman–Crippen LogP) is 5.35. The Hall–Kier alpha value is -3.51. The van der Waals surface area contributed by atoms with E-state index in [0.29, 0.717) is 28.2 Å². The van der Waals surface area contributed by atoms with Crippen LogP contribution in [0.1, 0.15) is 21.5 Å². The molecule has 0 aliphatic carbocycles. The first-order valence-corrected chi connectivity index (χ1v) is 10.3. The minimum absolute atomic E-state index is 0.0577. The summed E-state index contributed by atoms with van der Waals surface area (Å²) in [5.74, 6) is 0.353. The predicted molar refractivity (Wildman–Crippen MR) is 119 cm³/mol. The summed E-state index contributed by atoms with van der Waals surface area (Å²) in [6, 6.07) is 21.3. The van der Waals surface area contributed by atoms with Crippen molar-refractivity contribution >= 4 is 34.3 Å². The molecule has 4 rings (SSSR count). The number of anilines is 1. The van der Waals surface area contributed by atoms with Crippen molar-refractivity contribution in [3.05, 3.63) is 99.9 Å². The summed E-state index contributed by atoms with van der Waals surface area (Å²) in [7, 11) is 0. The fourth-order valence-corrected chi connectivity index (χ4v) is 3.80. The van der Waals surface area contributed by atoms with Gasteiger partial charge >= 0.3 is 5.63 Å². The number of carbonyl (C=O) groups excluding carboxylic acids is 1. The molecule has 5 nitrogen and oxygen atoms in total.